The number of rotatable bonds is 5. The molecule has 0 aliphatic heterocycles. The van der Waals surface area contributed by atoms with Crippen LogP contribution in [0, 0.1) is 11.3 Å². The second-order valence-corrected chi connectivity index (χ2v) is 6.73. The molecule has 0 aliphatic carbocycles. The third-order valence-electron chi connectivity index (χ3n) is 2.83. The maximum atomic E-state index is 12.2. The third kappa shape index (κ3) is 5.94. The van der Waals surface area contributed by atoms with E-state index in [-0.39, 0.29) is 12.1 Å². The molecule has 1 atom stereocenters. The molecule has 0 aromatic rings. The lowest BCUT2D eigenvalue weighted by molar-refractivity contribution is -0.142. The van der Waals surface area contributed by atoms with Gasteiger partial charge in [0.25, 0.3) is 0 Å². The Morgan fingerprint density at radius 3 is 1.89 bits per heavy atom. The molecule has 0 fully saturated rings. The maximum absolute atomic E-state index is 12.2. The SMILES string of the molecule is CC(C)CN(C(=O)N[C@@H](C(=O)O)C(C)(C)C)C(C)C. The molecule has 0 saturated carbocycles. The van der Waals surface area contributed by atoms with Gasteiger partial charge in [0.2, 0.25) is 0 Å². The van der Waals surface area contributed by atoms with E-state index in [1.807, 2.05) is 27.7 Å². The fourth-order valence-electron chi connectivity index (χ4n) is 1.78. The van der Waals surface area contributed by atoms with Gasteiger partial charge in [0.15, 0.2) is 0 Å². The van der Waals surface area contributed by atoms with Gasteiger partial charge in [-0.05, 0) is 25.2 Å². The van der Waals surface area contributed by atoms with Gasteiger partial charge < -0.3 is 15.3 Å². The monoisotopic (exact) mass is 272 g/mol. The molecule has 5 nitrogen and oxygen atoms in total. The van der Waals surface area contributed by atoms with E-state index in [9.17, 15) is 14.7 Å². The molecule has 0 spiro atoms. The second kappa shape index (κ2) is 6.78. The van der Waals surface area contributed by atoms with Crippen LogP contribution in [0.1, 0.15) is 48.5 Å². The summed E-state index contributed by atoms with van der Waals surface area (Å²) < 4.78 is 0. The first-order chi connectivity index (χ1) is 8.46. The summed E-state index contributed by atoms with van der Waals surface area (Å²) in [7, 11) is 0. The highest BCUT2D eigenvalue weighted by atomic mass is 16.4. The van der Waals surface area contributed by atoms with Crippen LogP contribution in [0.25, 0.3) is 0 Å². The number of hydrogen-bond donors (Lipinski definition) is 2. The maximum Gasteiger partial charge on any atom is 0.326 e. The van der Waals surface area contributed by atoms with Crippen LogP contribution in [0.4, 0.5) is 4.79 Å². The summed E-state index contributed by atoms with van der Waals surface area (Å²) in [6, 6.07) is -1.17. The molecule has 0 rings (SSSR count). The van der Waals surface area contributed by atoms with Crippen LogP contribution >= 0.6 is 0 Å². The number of carboxylic acid groups (broad SMARTS) is 1. The van der Waals surface area contributed by atoms with Crippen molar-refractivity contribution in [3.05, 3.63) is 0 Å². The van der Waals surface area contributed by atoms with Crippen molar-refractivity contribution in [2.45, 2.75) is 60.5 Å². The molecular weight excluding hydrogens is 244 g/mol. The molecule has 0 aliphatic rings. The van der Waals surface area contributed by atoms with Crippen LogP contribution in [0.3, 0.4) is 0 Å². The van der Waals surface area contributed by atoms with Crippen LogP contribution in [-0.2, 0) is 4.79 Å². The minimum atomic E-state index is -1.01. The lowest BCUT2D eigenvalue weighted by atomic mass is 9.87. The molecule has 2 amide bonds. The minimum Gasteiger partial charge on any atom is -0.480 e. The van der Waals surface area contributed by atoms with E-state index in [0.717, 1.165) is 0 Å². The first-order valence-electron chi connectivity index (χ1n) is 6.76. The number of urea groups is 1. The summed E-state index contributed by atoms with van der Waals surface area (Å²) in [4.78, 5) is 25.2. The number of amides is 2. The smallest absolute Gasteiger partial charge is 0.326 e. The Morgan fingerprint density at radius 2 is 1.63 bits per heavy atom. The predicted octanol–water partition coefficient (Wildman–Crippen LogP) is 2.56. The average molecular weight is 272 g/mol. The van der Waals surface area contributed by atoms with Gasteiger partial charge in [-0.1, -0.05) is 34.6 Å². The van der Waals surface area contributed by atoms with E-state index < -0.39 is 17.4 Å². The Balaban J connectivity index is 4.92. The topological polar surface area (TPSA) is 69.6 Å². The summed E-state index contributed by atoms with van der Waals surface area (Å²) in [5.41, 5.74) is -0.526. The van der Waals surface area contributed by atoms with E-state index >= 15 is 0 Å². The summed E-state index contributed by atoms with van der Waals surface area (Å²) in [6.45, 7) is 13.9. The number of carboxylic acids is 1. The van der Waals surface area contributed by atoms with Crippen molar-refractivity contribution in [2.24, 2.45) is 11.3 Å². The summed E-state index contributed by atoms with van der Waals surface area (Å²) >= 11 is 0. The van der Waals surface area contributed by atoms with Gasteiger partial charge >= 0.3 is 12.0 Å². The van der Waals surface area contributed by atoms with E-state index in [4.69, 9.17) is 0 Å². The second-order valence-electron chi connectivity index (χ2n) is 6.73. The quantitative estimate of drug-likeness (QED) is 0.808. The predicted molar refractivity (Wildman–Crippen MR) is 76.1 cm³/mol. The Morgan fingerprint density at radius 1 is 1.16 bits per heavy atom. The van der Waals surface area contributed by atoms with E-state index in [1.165, 1.54) is 0 Å². The van der Waals surface area contributed by atoms with Gasteiger partial charge in [0, 0.05) is 12.6 Å². The van der Waals surface area contributed by atoms with Crippen molar-refractivity contribution in [2.75, 3.05) is 6.54 Å². The molecule has 0 aromatic heterocycles. The van der Waals surface area contributed by atoms with Gasteiger partial charge in [0.05, 0.1) is 0 Å². The van der Waals surface area contributed by atoms with Gasteiger partial charge in [0.1, 0.15) is 6.04 Å². The zero-order valence-corrected chi connectivity index (χ0v) is 13.2. The molecule has 5 heteroatoms. The zero-order chi connectivity index (χ0) is 15.4. The molecule has 112 valence electrons. The lowest BCUT2D eigenvalue weighted by Crippen LogP contribution is -2.55. The molecule has 0 radical (unpaired) electrons. The average Bonchev–Trinajstić information content (AvgIpc) is 2.19. The fourth-order valence-corrected chi connectivity index (χ4v) is 1.78. The summed E-state index contributed by atoms with van der Waals surface area (Å²) in [5, 5.41) is 11.9. The van der Waals surface area contributed by atoms with Gasteiger partial charge in [-0.3, -0.25) is 0 Å². The van der Waals surface area contributed by atoms with Crippen molar-refractivity contribution in [3.63, 3.8) is 0 Å². The van der Waals surface area contributed by atoms with Gasteiger partial charge in [-0.25, -0.2) is 9.59 Å². The highest BCUT2D eigenvalue weighted by Gasteiger charge is 2.34. The zero-order valence-electron chi connectivity index (χ0n) is 13.2. The van der Waals surface area contributed by atoms with E-state index in [0.29, 0.717) is 12.5 Å². The number of carbonyl (C=O) groups is 2. The van der Waals surface area contributed by atoms with Crippen LogP contribution in [-0.4, -0.2) is 40.6 Å². The molecule has 0 heterocycles. The molecular formula is C14H28N2O3. The summed E-state index contributed by atoms with van der Waals surface area (Å²) in [6.07, 6.45) is 0. The Hall–Kier alpha value is -1.26. The Labute approximate surface area is 116 Å². The van der Waals surface area contributed by atoms with Crippen LogP contribution < -0.4 is 5.32 Å². The van der Waals surface area contributed by atoms with Crippen LogP contribution in [0.2, 0.25) is 0 Å². The van der Waals surface area contributed by atoms with Crippen molar-refractivity contribution in [1.29, 1.82) is 0 Å². The molecule has 0 unspecified atom stereocenters. The minimum absolute atomic E-state index is 0.0387. The number of aliphatic carboxylic acids is 1. The van der Waals surface area contributed by atoms with Crippen molar-refractivity contribution in [3.8, 4) is 0 Å². The number of nitrogens with one attached hydrogen (secondary N) is 1. The first-order valence-corrected chi connectivity index (χ1v) is 6.76. The Bertz CT molecular complexity index is 319. The molecule has 0 bridgehead atoms. The van der Waals surface area contributed by atoms with E-state index in [1.54, 1.807) is 25.7 Å². The van der Waals surface area contributed by atoms with Crippen molar-refractivity contribution < 1.29 is 14.7 Å². The number of hydrogen-bond acceptors (Lipinski definition) is 2. The number of nitrogens with zero attached hydrogens (tertiary/aromatic N) is 1. The third-order valence-corrected chi connectivity index (χ3v) is 2.83. The fraction of sp³-hybridized carbons (Fsp3) is 0.857. The molecule has 0 saturated heterocycles. The highest BCUT2D eigenvalue weighted by Crippen LogP contribution is 2.20. The van der Waals surface area contributed by atoms with Crippen LogP contribution in [0.5, 0.6) is 0 Å². The van der Waals surface area contributed by atoms with Crippen LogP contribution in [0.15, 0.2) is 0 Å². The lowest BCUT2D eigenvalue weighted by Gasteiger charge is -2.33. The van der Waals surface area contributed by atoms with Crippen molar-refractivity contribution >= 4 is 12.0 Å². The standard InChI is InChI=1S/C14H28N2O3/c1-9(2)8-16(10(3)4)13(19)15-11(12(17)18)14(5,6)7/h9-11H,8H2,1-7H3,(H,15,19)(H,17,18)/t11-/m0/s1. The largest absolute Gasteiger partial charge is 0.480 e. The molecule has 0 aromatic carbocycles. The Kier molecular flexibility index (Phi) is 6.33. The summed E-state index contributed by atoms with van der Waals surface area (Å²) in [5.74, 6) is -0.667. The highest BCUT2D eigenvalue weighted by molar-refractivity contribution is 5.83. The van der Waals surface area contributed by atoms with Gasteiger partial charge in [-0.2, -0.15) is 0 Å². The van der Waals surface area contributed by atoms with Crippen molar-refractivity contribution in [1.82, 2.24) is 10.2 Å². The first kappa shape index (κ1) is 17.7. The van der Waals surface area contributed by atoms with E-state index in [2.05, 4.69) is 5.32 Å². The molecule has 2 N–H and O–H groups in total. The normalized spacial score (nSPS) is 13.5. The van der Waals surface area contributed by atoms with Gasteiger partial charge in [-0.15, -0.1) is 0 Å². The number of carbonyl (C=O) groups excluding carboxylic acids is 1. The molecule has 19 heavy (non-hydrogen) atoms.